The van der Waals surface area contributed by atoms with Crippen molar-refractivity contribution in [3.63, 3.8) is 0 Å². The van der Waals surface area contributed by atoms with Crippen LogP contribution in [0.2, 0.25) is 0 Å². The molecule has 0 fully saturated rings. The number of carbonyl (C=O) groups is 2. The van der Waals surface area contributed by atoms with Gasteiger partial charge < -0.3 is 29.5 Å². The van der Waals surface area contributed by atoms with Crippen LogP contribution in [0.5, 0.6) is 5.75 Å². The fourth-order valence-electron chi connectivity index (χ4n) is 3.40. The smallest absolute Gasteiger partial charge is 0.333 e. The van der Waals surface area contributed by atoms with Gasteiger partial charge in [0.25, 0.3) is 0 Å². The number of ether oxygens (including phenoxy) is 3. The second-order valence-electron chi connectivity index (χ2n) is 8.46. The Morgan fingerprint density at radius 2 is 1.69 bits per heavy atom. The fraction of sp³-hybridized carbons (Fsp3) is 0.481. The predicted octanol–water partition coefficient (Wildman–Crippen LogP) is 4.12. The minimum atomic E-state index is -0.975. The van der Waals surface area contributed by atoms with Crippen molar-refractivity contribution in [1.82, 2.24) is 10.2 Å². The summed E-state index contributed by atoms with van der Waals surface area (Å²) in [6.45, 7) is 8.42. The van der Waals surface area contributed by atoms with Crippen molar-refractivity contribution in [2.45, 2.75) is 52.4 Å². The maximum atomic E-state index is 12.6. The van der Waals surface area contributed by atoms with E-state index in [0.29, 0.717) is 51.7 Å². The van der Waals surface area contributed by atoms with E-state index >= 15 is 0 Å². The highest BCUT2D eigenvalue weighted by Crippen LogP contribution is 2.15. The first-order valence-corrected chi connectivity index (χ1v) is 12.1. The van der Waals surface area contributed by atoms with Gasteiger partial charge in [0.05, 0.1) is 13.2 Å². The quantitative estimate of drug-likeness (QED) is 0.347. The van der Waals surface area contributed by atoms with E-state index in [1.165, 1.54) is 0 Å². The van der Waals surface area contributed by atoms with Crippen molar-refractivity contribution in [3.8, 4) is 5.75 Å². The number of carbonyl (C=O) groups excluding carboxylic acids is 1. The number of hydrogen-bond acceptors (Lipinski definition) is 5. The first-order chi connectivity index (χ1) is 16.9. The average Bonchev–Trinajstić information content (AvgIpc) is 2.83. The van der Waals surface area contributed by atoms with Gasteiger partial charge in [0.1, 0.15) is 12.4 Å². The molecule has 1 atom stereocenters. The Balaban J connectivity index is 1.79. The van der Waals surface area contributed by atoms with E-state index in [9.17, 15) is 14.7 Å². The molecule has 0 aliphatic carbocycles. The molecule has 0 aromatic heterocycles. The third-order valence-electron chi connectivity index (χ3n) is 5.15. The third-order valence-corrected chi connectivity index (χ3v) is 5.15. The molecule has 2 aromatic rings. The first kappa shape index (κ1) is 28.1. The van der Waals surface area contributed by atoms with Crippen LogP contribution in [0.4, 0.5) is 4.79 Å². The minimum absolute atomic E-state index is 0.0408. The van der Waals surface area contributed by atoms with Crippen LogP contribution in [0.15, 0.2) is 54.6 Å². The summed E-state index contributed by atoms with van der Waals surface area (Å²) in [4.78, 5) is 25.6. The van der Waals surface area contributed by atoms with E-state index in [1.807, 2.05) is 56.3 Å². The number of hydrogen-bond donors (Lipinski definition) is 2. The Hall–Kier alpha value is -3.10. The Morgan fingerprint density at radius 3 is 2.31 bits per heavy atom. The monoisotopic (exact) mass is 486 g/mol. The van der Waals surface area contributed by atoms with Gasteiger partial charge in [-0.2, -0.15) is 0 Å². The van der Waals surface area contributed by atoms with E-state index in [-0.39, 0.29) is 12.1 Å². The SMILES string of the molecule is CCOC(Cc1ccc(OCCN(CCCOCc2ccccc2)C(=O)NC(C)C)cc1)C(=O)O. The highest BCUT2D eigenvalue weighted by molar-refractivity contribution is 5.74. The minimum Gasteiger partial charge on any atom is -0.492 e. The molecule has 2 rings (SSSR count). The van der Waals surface area contributed by atoms with Crippen LogP contribution in [-0.2, 0) is 27.3 Å². The van der Waals surface area contributed by atoms with Crippen molar-refractivity contribution >= 4 is 12.0 Å². The Kier molecular flexibility index (Phi) is 12.7. The van der Waals surface area contributed by atoms with Crippen molar-refractivity contribution in [1.29, 1.82) is 0 Å². The molecule has 0 bridgehead atoms. The van der Waals surface area contributed by atoms with Crippen molar-refractivity contribution in [2.75, 3.05) is 32.9 Å². The van der Waals surface area contributed by atoms with E-state index in [4.69, 9.17) is 14.2 Å². The number of aliphatic carboxylic acids is 1. The standard InChI is InChI=1S/C27H38N2O6/c1-4-34-25(26(30)31)19-22-11-13-24(14-12-22)35-18-16-29(27(32)28-21(2)3)15-8-17-33-20-23-9-6-5-7-10-23/h5-7,9-14,21,25H,4,8,15-20H2,1-3H3,(H,28,32)(H,30,31). The molecule has 0 saturated heterocycles. The summed E-state index contributed by atoms with van der Waals surface area (Å²) in [6, 6.07) is 17.2. The molecule has 1 unspecified atom stereocenters. The molecule has 192 valence electrons. The molecule has 0 spiro atoms. The van der Waals surface area contributed by atoms with Gasteiger partial charge in [0, 0.05) is 32.2 Å². The molecular formula is C27H38N2O6. The number of urea groups is 1. The van der Waals surface area contributed by atoms with Crippen molar-refractivity contribution < 1.29 is 28.9 Å². The van der Waals surface area contributed by atoms with E-state index in [0.717, 1.165) is 17.5 Å². The Labute approximate surface area is 208 Å². The molecule has 0 heterocycles. The molecule has 2 amide bonds. The molecular weight excluding hydrogens is 448 g/mol. The highest BCUT2D eigenvalue weighted by atomic mass is 16.5. The molecule has 0 saturated carbocycles. The molecule has 2 N–H and O–H groups in total. The summed E-state index contributed by atoms with van der Waals surface area (Å²) < 4.78 is 16.8. The normalized spacial score (nSPS) is 11.8. The fourth-order valence-corrected chi connectivity index (χ4v) is 3.40. The van der Waals surface area contributed by atoms with Gasteiger partial charge in [0.2, 0.25) is 0 Å². The molecule has 8 nitrogen and oxygen atoms in total. The zero-order valence-electron chi connectivity index (χ0n) is 20.9. The summed E-state index contributed by atoms with van der Waals surface area (Å²) in [5.41, 5.74) is 1.98. The van der Waals surface area contributed by atoms with Crippen LogP contribution in [-0.4, -0.2) is 67.1 Å². The van der Waals surface area contributed by atoms with Crippen molar-refractivity contribution in [2.24, 2.45) is 0 Å². The van der Waals surface area contributed by atoms with E-state index < -0.39 is 12.1 Å². The predicted molar refractivity (Wildman–Crippen MR) is 135 cm³/mol. The van der Waals surface area contributed by atoms with E-state index in [2.05, 4.69) is 5.32 Å². The lowest BCUT2D eigenvalue weighted by Gasteiger charge is -2.24. The van der Waals surface area contributed by atoms with Crippen LogP contribution in [0.1, 0.15) is 38.3 Å². The molecule has 2 aromatic carbocycles. The largest absolute Gasteiger partial charge is 0.492 e. The zero-order chi connectivity index (χ0) is 25.5. The first-order valence-electron chi connectivity index (χ1n) is 12.1. The lowest BCUT2D eigenvalue weighted by Crippen LogP contribution is -2.45. The number of nitrogens with one attached hydrogen (secondary N) is 1. The average molecular weight is 487 g/mol. The molecule has 0 radical (unpaired) electrons. The van der Waals surface area contributed by atoms with Gasteiger partial charge in [-0.05, 0) is 50.5 Å². The number of carboxylic acids is 1. The maximum absolute atomic E-state index is 12.6. The van der Waals surface area contributed by atoms with Gasteiger partial charge in [-0.15, -0.1) is 0 Å². The summed E-state index contributed by atoms with van der Waals surface area (Å²) in [7, 11) is 0. The molecule has 8 heteroatoms. The van der Waals surface area contributed by atoms with Gasteiger partial charge in [-0.25, -0.2) is 9.59 Å². The highest BCUT2D eigenvalue weighted by Gasteiger charge is 2.18. The maximum Gasteiger partial charge on any atom is 0.333 e. The molecule has 0 aliphatic heterocycles. The molecule has 35 heavy (non-hydrogen) atoms. The topological polar surface area (TPSA) is 97.3 Å². The Bertz CT molecular complexity index is 873. The van der Waals surface area contributed by atoms with Crippen LogP contribution >= 0.6 is 0 Å². The summed E-state index contributed by atoms with van der Waals surface area (Å²) in [6.07, 6.45) is 0.146. The third kappa shape index (κ3) is 11.2. The van der Waals surface area contributed by atoms with Crippen LogP contribution in [0.3, 0.4) is 0 Å². The van der Waals surface area contributed by atoms with E-state index in [1.54, 1.807) is 24.0 Å². The summed E-state index contributed by atoms with van der Waals surface area (Å²) in [5.74, 6) is -0.315. The Morgan fingerprint density at radius 1 is 0.971 bits per heavy atom. The lowest BCUT2D eigenvalue weighted by atomic mass is 10.1. The van der Waals surface area contributed by atoms with Crippen molar-refractivity contribution in [3.05, 3.63) is 65.7 Å². The van der Waals surface area contributed by atoms with Gasteiger partial charge in [-0.1, -0.05) is 42.5 Å². The number of rotatable bonds is 16. The molecule has 0 aliphatic rings. The number of nitrogens with zero attached hydrogens (tertiary/aromatic N) is 1. The lowest BCUT2D eigenvalue weighted by molar-refractivity contribution is -0.149. The van der Waals surface area contributed by atoms with Crippen LogP contribution in [0.25, 0.3) is 0 Å². The second-order valence-corrected chi connectivity index (χ2v) is 8.46. The second kappa shape index (κ2) is 15.7. The summed E-state index contributed by atoms with van der Waals surface area (Å²) in [5, 5.41) is 12.2. The van der Waals surface area contributed by atoms with Gasteiger partial charge in [-0.3, -0.25) is 0 Å². The van der Waals surface area contributed by atoms with Crippen LogP contribution < -0.4 is 10.1 Å². The zero-order valence-corrected chi connectivity index (χ0v) is 20.9. The van der Waals surface area contributed by atoms with Crippen LogP contribution in [0, 0.1) is 0 Å². The number of amides is 2. The number of carboxylic acid groups (broad SMARTS) is 1. The number of benzene rings is 2. The summed E-state index contributed by atoms with van der Waals surface area (Å²) >= 11 is 0. The van der Waals surface area contributed by atoms with Gasteiger partial charge >= 0.3 is 12.0 Å². The van der Waals surface area contributed by atoms with Gasteiger partial charge in [0.15, 0.2) is 6.10 Å².